The highest BCUT2D eigenvalue weighted by Gasteiger charge is 2.00. The number of hydrogen-bond donors (Lipinski definition) is 1. The van der Waals surface area contributed by atoms with Crippen LogP contribution in [0.25, 0.3) is 6.08 Å². The molecule has 4 nitrogen and oxygen atoms in total. The molecule has 19 heavy (non-hydrogen) atoms. The minimum Gasteiger partial charge on any atom is -0.496 e. The largest absolute Gasteiger partial charge is 0.496 e. The monoisotopic (exact) mass is 254 g/mol. The van der Waals surface area contributed by atoms with Crippen molar-refractivity contribution in [3.63, 3.8) is 0 Å². The second-order valence-corrected chi connectivity index (χ2v) is 3.78. The van der Waals surface area contributed by atoms with E-state index in [1.807, 2.05) is 30.3 Å². The summed E-state index contributed by atoms with van der Waals surface area (Å²) in [4.78, 5) is 15.7. The maximum atomic E-state index is 11.7. The van der Waals surface area contributed by atoms with Crippen molar-refractivity contribution in [1.82, 2.24) is 4.98 Å². The number of rotatable bonds is 4. The molecule has 1 aromatic carbocycles. The molecule has 0 bridgehead atoms. The van der Waals surface area contributed by atoms with Crippen LogP contribution in [0, 0.1) is 0 Å². The number of pyridine rings is 1. The number of nitrogens with zero attached hydrogens (tertiary/aromatic N) is 1. The average molecular weight is 254 g/mol. The Morgan fingerprint density at radius 2 is 2.00 bits per heavy atom. The van der Waals surface area contributed by atoms with Gasteiger partial charge in [0, 0.05) is 17.8 Å². The first-order chi connectivity index (χ1) is 9.29. The Hall–Kier alpha value is -2.62. The van der Waals surface area contributed by atoms with Crippen LogP contribution in [0.3, 0.4) is 0 Å². The van der Waals surface area contributed by atoms with Gasteiger partial charge in [-0.2, -0.15) is 0 Å². The van der Waals surface area contributed by atoms with E-state index in [0.29, 0.717) is 5.82 Å². The van der Waals surface area contributed by atoms with E-state index >= 15 is 0 Å². The summed E-state index contributed by atoms with van der Waals surface area (Å²) in [6.45, 7) is 0. The van der Waals surface area contributed by atoms with Crippen LogP contribution < -0.4 is 10.1 Å². The van der Waals surface area contributed by atoms with Crippen LogP contribution >= 0.6 is 0 Å². The molecule has 0 aliphatic heterocycles. The first kappa shape index (κ1) is 12.8. The van der Waals surface area contributed by atoms with Crippen LogP contribution in [0.15, 0.2) is 54.7 Å². The summed E-state index contributed by atoms with van der Waals surface area (Å²) in [5.41, 5.74) is 0.848. The van der Waals surface area contributed by atoms with Gasteiger partial charge in [0.2, 0.25) is 5.91 Å². The number of methoxy groups -OCH3 is 1. The van der Waals surface area contributed by atoms with Gasteiger partial charge in [0.05, 0.1) is 7.11 Å². The lowest BCUT2D eigenvalue weighted by Crippen LogP contribution is -2.08. The van der Waals surface area contributed by atoms with Gasteiger partial charge in [-0.25, -0.2) is 4.98 Å². The molecule has 1 amide bonds. The van der Waals surface area contributed by atoms with Crippen molar-refractivity contribution >= 4 is 17.8 Å². The standard InChI is InChI=1S/C15H14N2O2/c1-19-13-7-3-2-6-12(13)9-10-15(18)17-14-8-4-5-11-16-14/h2-11H,1H3,(H,16,17,18). The van der Waals surface area contributed by atoms with Crippen molar-refractivity contribution in [2.45, 2.75) is 0 Å². The summed E-state index contributed by atoms with van der Waals surface area (Å²) in [5.74, 6) is 1.02. The van der Waals surface area contributed by atoms with E-state index in [1.165, 1.54) is 6.08 Å². The number of para-hydroxylation sites is 1. The number of ether oxygens (including phenoxy) is 1. The highest BCUT2D eigenvalue weighted by Crippen LogP contribution is 2.18. The first-order valence-electron chi connectivity index (χ1n) is 5.83. The van der Waals surface area contributed by atoms with Gasteiger partial charge >= 0.3 is 0 Å². The van der Waals surface area contributed by atoms with Crippen molar-refractivity contribution in [2.24, 2.45) is 0 Å². The number of amides is 1. The van der Waals surface area contributed by atoms with E-state index in [9.17, 15) is 4.79 Å². The minimum absolute atomic E-state index is 0.232. The van der Waals surface area contributed by atoms with Crippen molar-refractivity contribution < 1.29 is 9.53 Å². The summed E-state index contributed by atoms with van der Waals surface area (Å²) in [6.07, 6.45) is 4.78. The molecular formula is C15H14N2O2. The fourth-order valence-corrected chi connectivity index (χ4v) is 1.57. The van der Waals surface area contributed by atoms with Crippen molar-refractivity contribution in [3.8, 4) is 5.75 Å². The summed E-state index contributed by atoms with van der Waals surface area (Å²) in [6, 6.07) is 12.8. The van der Waals surface area contributed by atoms with E-state index in [2.05, 4.69) is 10.3 Å². The number of anilines is 1. The van der Waals surface area contributed by atoms with Crippen molar-refractivity contribution in [3.05, 3.63) is 60.3 Å². The second kappa shape index (κ2) is 6.35. The highest BCUT2D eigenvalue weighted by atomic mass is 16.5. The zero-order valence-electron chi connectivity index (χ0n) is 10.5. The zero-order valence-corrected chi connectivity index (χ0v) is 10.5. The fraction of sp³-hybridized carbons (Fsp3) is 0.0667. The Morgan fingerprint density at radius 3 is 2.74 bits per heavy atom. The molecule has 1 N–H and O–H groups in total. The molecule has 1 aromatic heterocycles. The zero-order chi connectivity index (χ0) is 13.5. The third-order valence-corrected chi connectivity index (χ3v) is 2.47. The first-order valence-corrected chi connectivity index (χ1v) is 5.83. The molecule has 4 heteroatoms. The maximum Gasteiger partial charge on any atom is 0.249 e. The SMILES string of the molecule is COc1ccccc1C=CC(=O)Nc1ccccn1. The normalized spacial score (nSPS) is 10.4. The van der Waals surface area contributed by atoms with E-state index in [4.69, 9.17) is 4.74 Å². The van der Waals surface area contributed by atoms with Gasteiger partial charge in [0.1, 0.15) is 11.6 Å². The molecule has 0 aliphatic carbocycles. The van der Waals surface area contributed by atoms with E-state index < -0.39 is 0 Å². The Balaban J connectivity index is 2.04. The quantitative estimate of drug-likeness (QED) is 0.853. The number of benzene rings is 1. The summed E-state index contributed by atoms with van der Waals surface area (Å²) >= 11 is 0. The topological polar surface area (TPSA) is 51.2 Å². The van der Waals surface area contributed by atoms with Crippen LogP contribution in [0.2, 0.25) is 0 Å². The number of nitrogens with one attached hydrogen (secondary N) is 1. The molecule has 0 saturated carbocycles. The molecule has 0 atom stereocenters. The van der Waals surface area contributed by atoms with Crippen LogP contribution in [-0.4, -0.2) is 18.0 Å². The summed E-state index contributed by atoms with van der Waals surface area (Å²) in [7, 11) is 1.60. The van der Waals surface area contributed by atoms with Crippen LogP contribution in [-0.2, 0) is 4.79 Å². The predicted molar refractivity (Wildman–Crippen MR) is 74.9 cm³/mol. The molecule has 0 fully saturated rings. The van der Waals surface area contributed by atoms with E-state index in [0.717, 1.165) is 11.3 Å². The molecular weight excluding hydrogens is 240 g/mol. The smallest absolute Gasteiger partial charge is 0.249 e. The van der Waals surface area contributed by atoms with Crippen LogP contribution in [0.4, 0.5) is 5.82 Å². The average Bonchev–Trinajstić information content (AvgIpc) is 2.46. The number of carbonyl (C=O) groups excluding carboxylic acids is 1. The molecule has 1 heterocycles. The summed E-state index contributed by atoms with van der Waals surface area (Å²) < 4.78 is 5.20. The lowest BCUT2D eigenvalue weighted by atomic mass is 10.2. The molecule has 0 saturated heterocycles. The van der Waals surface area contributed by atoms with Gasteiger partial charge in [-0.1, -0.05) is 24.3 Å². The van der Waals surface area contributed by atoms with Crippen LogP contribution in [0.5, 0.6) is 5.75 Å². The van der Waals surface area contributed by atoms with E-state index in [1.54, 1.807) is 31.5 Å². The number of hydrogen-bond acceptors (Lipinski definition) is 3. The Labute approximate surface area is 111 Å². The second-order valence-electron chi connectivity index (χ2n) is 3.78. The molecule has 0 unspecified atom stereocenters. The molecule has 96 valence electrons. The van der Waals surface area contributed by atoms with Gasteiger partial charge in [0.25, 0.3) is 0 Å². The molecule has 2 rings (SSSR count). The Morgan fingerprint density at radius 1 is 1.21 bits per heavy atom. The highest BCUT2D eigenvalue weighted by molar-refractivity contribution is 6.01. The predicted octanol–water partition coefficient (Wildman–Crippen LogP) is 2.74. The third kappa shape index (κ3) is 3.67. The van der Waals surface area contributed by atoms with Crippen LogP contribution in [0.1, 0.15) is 5.56 Å². The third-order valence-electron chi connectivity index (χ3n) is 2.47. The lowest BCUT2D eigenvalue weighted by molar-refractivity contribution is -0.111. The lowest BCUT2D eigenvalue weighted by Gasteiger charge is -2.03. The van der Waals surface area contributed by atoms with Gasteiger partial charge in [-0.05, 0) is 24.3 Å². The Kier molecular flexibility index (Phi) is 4.29. The van der Waals surface area contributed by atoms with Gasteiger partial charge in [0.15, 0.2) is 0 Å². The van der Waals surface area contributed by atoms with Crippen molar-refractivity contribution in [2.75, 3.05) is 12.4 Å². The molecule has 0 radical (unpaired) electrons. The fourth-order valence-electron chi connectivity index (χ4n) is 1.57. The Bertz CT molecular complexity index is 580. The molecule has 0 aliphatic rings. The molecule has 0 spiro atoms. The maximum absolute atomic E-state index is 11.7. The molecule has 2 aromatic rings. The van der Waals surface area contributed by atoms with Gasteiger partial charge in [-0.15, -0.1) is 0 Å². The number of aromatic nitrogens is 1. The van der Waals surface area contributed by atoms with Crippen molar-refractivity contribution in [1.29, 1.82) is 0 Å². The minimum atomic E-state index is -0.232. The van der Waals surface area contributed by atoms with Gasteiger partial charge in [-0.3, -0.25) is 4.79 Å². The summed E-state index contributed by atoms with van der Waals surface area (Å²) in [5, 5.41) is 2.67. The van der Waals surface area contributed by atoms with Gasteiger partial charge < -0.3 is 10.1 Å². The number of carbonyl (C=O) groups is 1. The van der Waals surface area contributed by atoms with E-state index in [-0.39, 0.29) is 5.91 Å².